The van der Waals surface area contributed by atoms with Crippen LogP contribution in [0, 0.1) is 0 Å². The Morgan fingerprint density at radius 2 is 1.00 bits per heavy atom. The Morgan fingerprint density at radius 3 is 1.36 bits per heavy atom. The van der Waals surface area contributed by atoms with E-state index in [0.29, 0.717) is 31.3 Å². The van der Waals surface area contributed by atoms with Crippen LogP contribution in [0.3, 0.4) is 0 Å². The predicted molar refractivity (Wildman–Crippen MR) is 242 cm³/mol. The molecule has 2 aliphatic carbocycles. The first-order chi connectivity index (χ1) is 29.5. The normalized spacial score (nSPS) is 12.0. The van der Waals surface area contributed by atoms with Crippen molar-refractivity contribution in [3.05, 3.63) is 70.6 Å². The van der Waals surface area contributed by atoms with Gasteiger partial charge in [0.15, 0.2) is 0 Å². The van der Waals surface area contributed by atoms with E-state index in [9.17, 15) is 19.2 Å². The lowest BCUT2D eigenvalue weighted by molar-refractivity contribution is -0.131. The SMILES string of the molecule is CC.CCC.CCC.CCCN(Cc1ncc(-c2ccc(-c3ccc(-c4cnc(CN(CCC)C(=O)CNC(=O)OC)[nH]4)c4c3CCC4)c3c2CCC3)[nH]1)C(=O)CNC(=O)O. The second-order valence-corrected chi connectivity index (χ2v) is 15.0. The third-order valence-corrected chi connectivity index (χ3v) is 10.0. The third-order valence-electron chi connectivity index (χ3n) is 10.0. The van der Waals surface area contributed by atoms with Crippen molar-refractivity contribution in [1.29, 1.82) is 0 Å². The van der Waals surface area contributed by atoms with Gasteiger partial charge < -0.3 is 40.2 Å². The number of carbonyl (C=O) groups is 4. The van der Waals surface area contributed by atoms with Gasteiger partial charge in [-0.25, -0.2) is 19.6 Å². The summed E-state index contributed by atoms with van der Waals surface area (Å²) in [6, 6.07) is 8.85. The number of benzene rings is 2. The molecule has 0 saturated heterocycles. The number of methoxy groups -OCH3 is 1. The molecule has 5 N–H and O–H groups in total. The molecular weight excluding hydrogens is 773 g/mol. The molecule has 0 spiro atoms. The molecule has 0 saturated carbocycles. The average Bonchev–Trinajstić information content (AvgIpc) is 4.11. The lowest BCUT2D eigenvalue weighted by Gasteiger charge is -2.21. The maximum Gasteiger partial charge on any atom is 0.407 e. The molecule has 61 heavy (non-hydrogen) atoms. The van der Waals surface area contributed by atoms with Crippen molar-refractivity contribution in [3.63, 3.8) is 0 Å². The fourth-order valence-electron chi connectivity index (χ4n) is 7.66. The molecule has 0 radical (unpaired) electrons. The number of nitrogens with zero attached hydrogens (tertiary/aromatic N) is 4. The lowest BCUT2D eigenvalue weighted by atomic mass is 9.87. The topological polar surface area (TPSA) is 186 Å². The van der Waals surface area contributed by atoms with Gasteiger partial charge in [-0.1, -0.05) is 92.5 Å². The van der Waals surface area contributed by atoms with Gasteiger partial charge in [0.25, 0.3) is 0 Å². The number of H-pyrrole nitrogens is 2. The summed E-state index contributed by atoms with van der Waals surface area (Å²) in [7, 11) is 1.27. The Labute approximate surface area is 362 Å². The molecule has 4 amide bonds. The van der Waals surface area contributed by atoms with Gasteiger partial charge in [0.1, 0.15) is 24.7 Å². The maximum absolute atomic E-state index is 12.8. The molecule has 0 atom stereocenters. The second-order valence-electron chi connectivity index (χ2n) is 15.0. The third kappa shape index (κ3) is 13.7. The standard InChI is InChI=1S/C39H48N8O6.2C3H8.C2H6/c1-4-16-46(36(48)20-42-38(50)51)22-34-40-18-32(44-34)30-14-12-28(24-8-6-10-26(24)30)29-13-15-31(27-11-7-9-25(27)29)33-19-41-35(45-33)23-47(17-5-2)37(49)21-43-39(52)53-3;2*1-3-2;1-2/h12-15,18-19,42H,4-11,16-17,20-23H2,1-3H3,(H,40,44)(H,41,45)(H,43,52)(H,50,51);2*3H2,1-2H3;1-2H3. The van der Waals surface area contributed by atoms with E-state index in [1.54, 1.807) is 9.80 Å². The van der Waals surface area contributed by atoms with E-state index in [2.05, 4.69) is 87.3 Å². The Hall–Kier alpha value is -5.66. The van der Waals surface area contributed by atoms with Crippen LogP contribution in [0.5, 0.6) is 0 Å². The minimum Gasteiger partial charge on any atom is -0.465 e. The monoisotopic (exact) mass is 843 g/mol. The van der Waals surface area contributed by atoms with Crippen molar-refractivity contribution < 1.29 is 29.0 Å². The number of aromatic amines is 2. The van der Waals surface area contributed by atoms with Gasteiger partial charge in [0, 0.05) is 24.2 Å². The highest BCUT2D eigenvalue weighted by molar-refractivity contribution is 5.84. The van der Waals surface area contributed by atoms with Crippen LogP contribution in [-0.2, 0) is 53.1 Å². The Kier molecular flexibility index (Phi) is 21.1. The molecule has 0 fully saturated rings. The van der Waals surface area contributed by atoms with Crippen molar-refractivity contribution in [2.75, 3.05) is 33.3 Å². The molecule has 4 aromatic rings. The van der Waals surface area contributed by atoms with Gasteiger partial charge in [0.2, 0.25) is 11.8 Å². The van der Waals surface area contributed by atoms with E-state index in [-0.39, 0.29) is 31.4 Å². The number of alkyl carbamates (subject to hydrolysis) is 1. The minimum absolute atomic E-state index is 0.140. The average molecular weight is 843 g/mol. The summed E-state index contributed by atoms with van der Waals surface area (Å²) in [4.78, 5) is 67.4. The first kappa shape index (κ1) is 49.7. The van der Waals surface area contributed by atoms with Crippen molar-refractivity contribution >= 4 is 24.0 Å². The molecule has 2 aromatic carbocycles. The summed E-state index contributed by atoms with van der Waals surface area (Å²) in [6.45, 7) is 17.7. The van der Waals surface area contributed by atoms with Crippen LogP contribution in [0.1, 0.15) is 128 Å². The summed E-state index contributed by atoms with van der Waals surface area (Å²) in [5, 5.41) is 13.6. The van der Waals surface area contributed by atoms with Gasteiger partial charge in [-0.05, 0) is 84.7 Å². The predicted octanol–water partition coefficient (Wildman–Crippen LogP) is 9.07. The number of ether oxygens (including phenoxy) is 1. The Balaban J connectivity index is 0.00000116. The van der Waals surface area contributed by atoms with Crippen LogP contribution in [-0.4, -0.2) is 92.1 Å². The highest BCUT2D eigenvalue weighted by Gasteiger charge is 2.27. The summed E-state index contributed by atoms with van der Waals surface area (Å²) >= 11 is 0. The zero-order valence-electron chi connectivity index (χ0n) is 38.1. The van der Waals surface area contributed by atoms with E-state index >= 15 is 0 Å². The van der Waals surface area contributed by atoms with Gasteiger partial charge in [-0.3, -0.25) is 9.59 Å². The summed E-state index contributed by atoms with van der Waals surface area (Å²) < 4.78 is 4.60. The number of fused-ring (bicyclic) bond motifs is 2. The second kappa shape index (κ2) is 25.8. The molecule has 2 heterocycles. The molecular formula is C47H70N8O6. The molecule has 14 nitrogen and oxygen atoms in total. The first-order valence-electron chi connectivity index (χ1n) is 22.3. The van der Waals surface area contributed by atoms with E-state index < -0.39 is 12.2 Å². The van der Waals surface area contributed by atoms with Crippen molar-refractivity contribution in [2.45, 2.75) is 133 Å². The number of carbonyl (C=O) groups excluding carboxylic acids is 3. The first-order valence-corrected chi connectivity index (χ1v) is 22.3. The lowest BCUT2D eigenvalue weighted by Crippen LogP contribution is -2.40. The molecule has 2 aromatic heterocycles. The number of imidazole rings is 2. The Bertz CT molecular complexity index is 2020. The number of hydrogen-bond acceptors (Lipinski definition) is 7. The fraction of sp³-hybridized carbons (Fsp3) is 0.532. The summed E-state index contributed by atoms with van der Waals surface area (Å²) in [5.74, 6) is 0.847. The molecule has 0 aliphatic heterocycles. The van der Waals surface area contributed by atoms with Crippen LogP contribution < -0.4 is 10.6 Å². The minimum atomic E-state index is -1.23. The zero-order chi connectivity index (χ0) is 44.9. The number of hydrogen-bond donors (Lipinski definition) is 5. The molecule has 14 heteroatoms. The van der Waals surface area contributed by atoms with Gasteiger partial charge in [0.05, 0.1) is 44.0 Å². The highest BCUT2D eigenvalue weighted by atomic mass is 16.5. The van der Waals surface area contributed by atoms with Gasteiger partial charge in [-0.2, -0.15) is 0 Å². The van der Waals surface area contributed by atoms with E-state index in [1.165, 1.54) is 53.3 Å². The van der Waals surface area contributed by atoms with Crippen LogP contribution >= 0.6 is 0 Å². The van der Waals surface area contributed by atoms with Crippen LogP contribution in [0.25, 0.3) is 33.6 Å². The highest BCUT2D eigenvalue weighted by Crippen LogP contribution is 2.43. The summed E-state index contributed by atoms with van der Waals surface area (Å²) in [5.41, 5.74) is 12.0. The Morgan fingerprint density at radius 1 is 0.639 bits per heavy atom. The smallest absolute Gasteiger partial charge is 0.407 e. The van der Waals surface area contributed by atoms with E-state index in [0.717, 1.165) is 73.9 Å². The number of carboxylic acid groups (broad SMARTS) is 1. The number of nitrogens with one attached hydrogen (secondary N) is 4. The molecule has 334 valence electrons. The molecule has 0 bridgehead atoms. The number of rotatable bonds is 15. The van der Waals surface area contributed by atoms with Crippen molar-refractivity contribution in [3.8, 4) is 33.6 Å². The van der Waals surface area contributed by atoms with Crippen molar-refractivity contribution in [2.24, 2.45) is 0 Å². The maximum atomic E-state index is 12.8. The quantitative estimate of drug-likeness (QED) is 0.0785. The van der Waals surface area contributed by atoms with Crippen LogP contribution in [0.4, 0.5) is 9.59 Å². The molecule has 2 aliphatic rings. The van der Waals surface area contributed by atoms with Crippen LogP contribution in [0.2, 0.25) is 0 Å². The molecule has 6 rings (SSSR count). The number of amides is 4. The number of aromatic nitrogens is 4. The van der Waals surface area contributed by atoms with Crippen molar-refractivity contribution in [1.82, 2.24) is 40.4 Å². The zero-order valence-corrected chi connectivity index (χ0v) is 38.1. The largest absolute Gasteiger partial charge is 0.465 e. The van der Waals surface area contributed by atoms with E-state index in [1.807, 2.05) is 40.1 Å². The van der Waals surface area contributed by atoms with Gasteiger partial charge in [-0.15, -0.1) is 0 Å². The van der Waals surface area contributed by atoms with Gasteiger partial charge >= 0.3 is 12.2 Å². The van der Waals surface area contributed by atoms with Crippen LogP contribution in [0.15, 0.2) is 36.7 Å². The molecule has 0 unspecified atom stereocenters. The fourth-order valence-corrected chi connectivity index (χ4v) is 7.66. The summed E-state index contributed by atoms with van der Waals surface area (Å²) in [6.07, 6.45) is 11.9. The van der Waals surface area contributed by atoms with E-state index in [4.69, 9.17) is 5.11 Å².